The van der Waals surface area contributed by atoms with Crippen molar-refractivity contribution in [2.45, 2.75) is 96.3 Å². The quantitative estimate of drug-likeness (QED) is 0.0128. The van der Waals surface area contributed by atoms with E-state index >= 15 is 0 Å². The fourth-order valence-electron chi connectivity index (χ4n) is 16.6. The van der Waals surface area contributed by atoms with Crippen LogP contribution in [0, 0.1) is 6.92 Å². The number of anilines is 9. The largest absolute Gasteiger partial charge is 0.495 e. The molecule has 0 unspecified atom stereocenters. The van der Waals surface area contributed by atoms with Crippen LogP contribution in [0.25, 0.3) is 66.3 Å². The number of ether oxygens (including phenoxy) is 2. The molecule has 684 valence electrons. The number of hydrogen-bond acceptors (Lipinski definition) is 23. The van der Waals surface area contributed by atoms with Crippen LogP contribution in [-0.4, -0.2) is 239 Å². The Hall–Kier alpha value is -9.98. The molecule has 6 aromatic heterocycles. The molecule has 4 aliphatic rings. The molecule has 129 heavy (non-hydrogen) atoms. The van der Waals surface area contributed by atoms with Gasteiger partial charge < -0.3 is 75.0 Å². The highest BCUT2D eigenvalue weighted by molar-refractivity contribution is 9.11. The van der Waals surface area contributed by atoms with Crippen LogP contribution in [0.3, 0.4) is 0 Å². The summed E-state index contributed by atoms with van der Waals surface area (Å²) >= 11 is 13.0. The second-order valence-electron chi connectivity index (χ2n) is 33.6. The molecule has 0 saturated carbocycles. The van der Waals surface area contributed by atoms with E-state index in [1.807, 2.05) is 95.7 Å². The first kappa shape index (κ1) is 96.6. The van der Waals surface area contributed by atoms with Crippen LogP contribution in [0.4, 0.5) is 51.7 Å². The molecule has 0 aliphatic carbocycles. The lowest BCUT2D eigenvalue weighted by Gasteiger charge is -2.43. The van der Waals surface area contributed by atoms with Crippen molar-refractivity contribution in [2.75, 3.05) is 172 Å². The number of aliphatic hydroxyl groups is 1. The highest BCUT2D eigenvalue weighted by Crippen LogP contribution is 2.47. The van der Waals surface area contributed by atoms with Gasteiger partial charge in [-0.2, -0.15) is 28.6 Å². The summed E-state index contributed by atoms with van der Waals surface area (Å²) in [6, 6.07) is 44.1. The standard InChI is InChI=1S/C42H50BrN10O2P.C22H34N6O.C20H17BrClN4OP.C7H8O3S.C4H10O/c1-6-53-27-30(25-46-53)33-23-36(38(55-3)24-37(33)52-16-13-31(14-17-52)51-20-18-50(2)19-21-51)48-42-45-26-34(43)41(49-42)47-35-11-10-29(22-39(35)56(4,5)54)32-9-7-8-28-12-15-44-40(28)32;1-4-28-16-17(15-24-28)19-13-20(23)22(29-3)14-21(19)27-7-5-18(6-8-27)26-11-9-25(2)10-12-26;1-28(2,27)17-10-13(14-5-3-4-12-8-9-23-18(12)14)6-7-16(17)25-19-15(21)11-24-20(22)26-19;1-6-2-4-7(5-3-6)11(8,9)10;1-2-3-4-5/h7-12,15,22-27,31,44H,6,13-14,16-21H2,1-5H3,(H2,45,47,48,49);13-16,18H,4-12,23H2,1-3H3;3-11,23H,1-2H3,(H,24,25,26);2-5H,1H3,(H,8,9,10);5H,2-4H2,1H3. The third kappa shape index (κ3) is 24.6. The van der Waals surface area contributed by atoms with Gasteiger partial charge in [-0.1, -0.05) is 79.6 Å². The maximum Gasteiger partial charge on any atom is 0.294 e. The van der Waals surface area contributed by atoms with Gasteiger partial charge in [0.25, 0.3) is 10.1 Å². The number of nitrogens with two attached hydrogens (primary N) is 1. The van der Waals surface area contributed by atoms with E-state index in [0.29, 0.717) is 56.7 Å². The van der Waals surface area contributed by atoms with Gasteiger partial charge in [0.05, 0.1) is 74.2 Å². The lowest BCUT2D eigenvalue weighted by atomic mass is 9.98. The number of nitrogens with zero attached hydrogens (tertiary/aromatic N) is 14. The number of nitrogens with one attached hydrogen (secondary N) is 5. The van der Waals surface area contributed by atoms with E-state index in [9.17, 15) is 17.5 Å². The number of unbranched alkanes of at least 4 members (excludes halogenated alkanes) is 1. The number of fused-ring (bicyclic) bond motifs is 2. The van der Waals surface area contributed by atoms with Crippen LogP contribution >= 0.6 is 57.7 Å². The maximum absolute atomic E-state index is 13.8. The normalized spacial score (nSPS) is 15.2. The first-order valence-electron chi connectivity index (χ1n) is 43.7. The second kappa shape index (κ2) is 43.8. The molecule has 17 rings (SSSR count). The van der Waals surface area contributed by atoms with Gasteiger partial charge >= 0.3 is 0 Å². The van der Waals surface area contributed by atoms with Crippen molar-refractivity contribution < 1.29 is 36.7 Å². The molecule has 0 atom stereocenters. The summed E-state index contributed by atoms with van der Waals surface area (Å²) in [6.45, 7) is 30.5. The van der Waals surface area contributed by atoms with Gasteiger partial charge in [-0.3, -0.25) is 23.7 Å². The van der Waals surface area contributed by atoms with Crippen LogP contribution in [-0.2, 0) is 32.3 Å². The first-order chi connectivity index (χ1) is 61.9. The zero-order chi connectivity index (χ0) is 91.8. The molecule has 4 fully saturated rings. The van der Waals surface area contributed by atoms with Crippen LogP contribution in [0.2, 0.25) is 5.28 Å². The summed E-state index contributed by atoms with van der Waals surface area (Å²) in [7, 11) is -1.50. The van der Waals surface area contributed by atoms with Gasteiger partial charge in [0.1, 0.15) is 37.4 Å². The number of benzene rings is 7. The van der Waals surface area contributed by atoms with E-state index < -0.39 is 24.4 Å². The minimum atomic E-state index is -4.02. The number of aryl methyl sites for hydroxylation is 3. The monoisotopic (exact) mass is 1950 g/mol. The molecule has 0 spiro atoms. The molecule has 0 amide bonds. The fraction of sp³-hybridized carbons (Fsp3) is 0.368. The van der Waals surface area contributed by atoms with Crippen molar-refractivity contribution in [1.29, 1.82) is 0 Å². The lowest BCUT2D eigenvalue weighted by molar-refractivity contribution is 0.0982. The number of piperazine rings is 2. The number of nitrogen functional groups attached to an aromatic ring is 1. The number of methoxy groups -OCH3 is 2. The van der Waals surface area contributed by atoms with Gasteiger partial charge in [-0.25, -0.2) is 9.97 Å². The number of aromatic amines is 2. The smallest absolute Gasteiger partial charge is 0.294 e. The van der Waals surface area contributed by atoms with E-state index in [2.05, 4.69) is 214 Å². The number of halogens is 3. The highest BCUT2D eigenvalue weighted by Gasteiger charge is 2.32. The summed E-state index contributed by atoms with van der Waals surface area (Å²) < 4.78 is 73.2. The number of rotatable bonds is 23. The molecule has 34 heteroatoms. The summed E-state index contributed by atoms with van der Waals surface area (Å²) in [5.74, 6) is 2.89. The number of hydrogen-bond donors (Lipinski definition) is 8. The topological polar surface area (TPSA) is 328 Å². The van der Waals surface area contributed by atoms with Gasteiger partial charge in [0.2, 0.25) is 11.2 Å². The zero-order valence-corrected chi connectivity index (χ0v) is 82.0. The number of para-hydroxylation sites is 2. The van der Waals surface area contributed by atoms with Crippen molar-refractivity contribution in [2.24, 2.45) is 0 Å². The molecule has 4 saturated heterocycles. The molecule has 4 aliphatic heterocycles. The van der Waals surface area contributed by atoms with E-state index in [0.717, 1.165) is 202 Å². The predicted molar refractivity (Wildman–Crippen MR) is 536 cm³/mol. The Kier molecular flexibility index (Phi) is 32.8. The minimum Gasteiger partial charge on any atom is -0.495 e. The summed E-state index contributed by atoms with van der Waals surface area (Å²) in [6.07, 6.45) is 21.9. The molecule has 9 N–H and O–H groups in total. The number of H-pyrrole nitrogens is 2. The Balaban J connectivity index is 0.000000163. The summed E-state index contributed by atoms with van der Waals surface area (Å²) in [4.78, 5) is 39.5. The van der Waals surface area contributed by atoms with Crippen molar-refractivity contribution >= 4 is 152 Å². The molecule has 0 radical (unpaired) electrons. The van der Waals surface area contributed by atoms with Gasteiger partial charge in [0.15, 0.2) is 0 Å². The Morgan fingerprint density at radius 3 is 1.43 bits per heavy atom. The minimum absolute atomic E-state index is 0.0666. The predicted octanol–water partition coefficient (Wildman–Crippen LogP) is 18.7. The van der Waals surface area contributed by atoms with E-state index in [1.165, 1.54) is 56.8 Å². The molecular formula is C95H119Br2ClN20O8P2S. The lowest BCUT2D eigenvalue weighted by Crippen LogP contribution is -2.52. The fourth-order valence-corrected chi connectivity index (χ4v) is 20.1. The van der Waals surface area contributed by atoms with Gasteiger partial charge in [0, 0.05) is 215 Å². The maximum atomic E-state index is 13.8. The van der Waals surface area contributed by atoms with Crippen LogP contribution in [0.5, 0.6) is 11.5 Å². The van der Waals surface area contributed by atoms with E-state index in [-0.39, 0.29) is 10.2 Å². The molecular weight excluding hydrogens is 1840 g/mol. The Bertz CT molecular complexity index is 6190. The number of aliphatic hydroxyl groups excluding tert-OH is 1. The van der Waals surface area contributed by atoms with E-state index in [4.69, 9.17) is 41.5 Å². The van der Waals surface area contributed by atoms with Crippen molar-refractivity contribution in [3.8, 4) is 56.0 Å². The molecule has 13 aromatic rings. The number of piperidine rings is 2. The number of likely N-dealkylation sites (N-methyl/N-ethyl adjacent to an activating group) is 2. The van der Waals surface area contributed by atoms with Crippen LogP contribution in [0.1, 0.15) is 64.9 Å². The van der Waals surface area contributed by atoms with Crippen molar-refractivity contribution in [3.05, 3.63) is 203 Å². The van der Waals surface area contributed by atoms with Crippen molar-refractivity contribution in [1.82, 2.24) is 69.1 Å². The zero-order valence-electron chi connectivity index (χ0n) is 75.4. The first-order valence-corrected chi connectivity index (χ1v) is 52.3. The van der Waals surface area contributed by atoms with E-state index in [1.54, 1.807) is 65.4 Å². The molecule has 7 aromatic carbocycles. The Morgan fingerprint density at radius 2 is 1.00 bits per heavy atom. The Labute approximate surface area is 778 Å². The SMILES string of the molecule is CCCCO.CCn1cc(-c2cc(N)c(OC)cc2N2CCC(N3CCN(C)CC3)CC2)cn1.CCn1cc(-c2cc(Nc3ncc(Br)c(Nc4ccc(-c5cccc6cc[nH]c56)cc4P(C)(C)=O)n3)c(OC)cc2N2CCC(N3CCN(C)CC3)CC2)cn1.CP(C)(=O)c1cc(-c2cccc3cc[nH]c23)ccc1Nc1nc(Cl)ncc1Br.Cc1ccc(S(=O)(=O)O)cc1. The third-order valence-corrected chi connectivity index (χ3v) is 29.2. The average Bonchev–Trinajstić information content (AvgIpc) is 1.79. The molecule has 0 bridgehead atoms. The second-order valence-corrected chi connectivity index (χ2v) is 43.4. The third-order valence-electron chi connectivity index (χ3n) is 23.9. The van der Waals surface area contributed by atoms with Gasteiger partial charge in [-0.05, 0) is 220 Å². The van der Waals surface area contributed by atoms with Crippen LogP contribution < -0.4 is 51.6 Å². The summed E-state index contributed by atoms with van der Waals surface area (Å²) in [5, 5.41) is 31.2. The van der Waals surface area contributed by atoms with Crippen molar-refractivity contribution in [3.63, 3.8) is 0 Å². The molecule has 10 heterocycles. The van der Waals surface area contributed by atoms with Gasteiger partial charge in [-0.15, -0.1) is 0 Å². The number of aromatic nitrogens is 10. The van der Waals surface area contributed by atoms with Crippen LogP contribution in [0.15, 0.2) is 197 Å². The molecule has 28 nitrogen and oxygen atoms in total. The summed E-state index contributed by atoms with van der Waals surface area (Å²) in [5.41, 5.74) is 23.0. The highest BCUT2D eigenvalue weighted by atomic mass is 79.9. The average molecular weight is 1960 g/mol. The Morgan fingerprint density at radius 1 is 0.543 bits per heavy atom.